The van der Waals surface area contributed by atoms with Crippen molar-refractivity contribution >= 4 is 11.9 Å². The van der Waals surface area contributed by atoms with Gasteiger partial charge in [0.25, 0.3) is 0 Å². The molecule has 0 spiro atoms. The van der Waals surface area contributed by atoms with Gasteiger partial charge in [0, 0.05) is 6.08 Å². The minimum Gasteiger partial charge on any atom is -0.469 e. The Labute approximate surface area is 121 Å². The summed E-state index contributed by atoms with van der Waals surface area (Å²) in [5.41, 5.74) is 0.377. The number of esters is 2. The second kappa shape index (κ2) is 5.98. The molecule has 1 unspecified atom stereocenters. The van der Waals surface area contributed by atoms with Crippen LogP contribution < -0.4 is 0 Å². The largest absolute Gasteiger partial charge is 0.469 e. The van der Waals surface area contributed by atoms with Gasteiger partial charge < -0.3 is 9.47 Å². The highest BCUT2D eigenvalue weighted by molar-refractivity contribution is 5.83. The molecule has 0 aliphatic heterocycles. The van der Waals surface area contributed by atoms with Gasteiger partial charge in [-0.1, -0.05) is 19.4 Å². The zero-order valence-corrected chi connectivity index (χ0v) is 13.4. The van der Waals surface area contributed by atoms with E-state index < -0.39 is 5.60 Å². The van der Waals surface area contributed by atoms with Gasteiger partial charge in [0.2, 0.25) is 0 Å². The maximum Gasteiger partial charge on any atom is 0.331 e. The highest BCUT2D eigenvalue weighted by atomic mass is 16.6. The summed E-state index contributed by atoms with van der Waals surface area (Å²) >= 11 is 0. The summed E-state index contributed by atoms with van der Waals surface area (Å²) in [5.74, 6) is -0.544. The molecule has 1 atom stereocenters. The number of ether oxygens (including phenoxy) is 2. The predicted molar refractivity (Wildman–Crippen MR) is 77.1 cm³/mol. The molecule has 4 nitrogen and oxygen atoms in total. The van der Waals surface area contributed by atoms with E-state index in [1.54, 1.807) is 6.08 Å². The number of hydrogen-bond acceptors (Lipinski definition) is 4. The summed E-state index contributed by atoms with van der Waals surface area (Å²) in [5, 5.41) is 0. The summed E-state index contributed by atoms with van der Waals surface area (Å²) in [6.45, 7) is 9.66. The summed E-state index contributed by atoms with van der Waals surface area (Å²) in [6, 6.07) is 0. The Morgan fingerprint density at radius 1 is 1.30 bits per heavy atom. The van der Waals surface area contributed by atoms with Crippen molar-refractivity contribution in [2.45, 2.75) is 59.5 Å². The normalized spacial score (nSPS) is 24.3. The molecule has 0 radical (unpaired) electrons. The fourth-order valence-corrected chi connectivity index (χ4v) is 2.63. The van der Waals surface area contributed by atoms with Crippen molar-refractivity contribution in [1.82, 2.24) is 0 Å². The van der Waals surface area contributed by atoms with E-state index in [4.69, 9.17) is 9.47 Å². The molecule has 0 aromatic heterocycles. The van der Waals surface area contributed by atoms with Crippen molar-refractivity contribution in [2.24, 2.45) is 11.3 Å². The molecule has 4 heteroatoms. The Hall–Kier alpha value is -1.32. The third-order valence-electron chi connectivity index (χ3n) is 3.62. The van der Waals surface area contributed by atoms with E-state index in [-0.39, 0.29) is 23.3 Å². The molecule has 1 saturated carbocycles. The number of carbonyl (C=O) groups excluding carboxylic acids is 2. The molecule has 0 saturated heterocycles. The lowest BCUT2D eigenvalue weighted by Gasteiger charge is -2.36. The van der Waals surface area contributed by atoms with E-state index in [0.29, 0.717) is 6.42 Å². The third kappa shape index (κ3) is 4.66. The molecule has 0 aromatic rings. The summed E-state index contributed by atoms with van der Waals surface area (Å²) in [7, 11) is 1.42. The van der Waals surface area contributed by atoms with Gasteiger partial charge in [0.1, 0.15) is 5.60 Å². The van der Waals surface area contributed by atoms with Crippen LogP contribution in [0.4, 0.5) is 0 Å². The standard InChI is InChI=1S/C16H26O4/c1-15(2,3)20-13(17)9-12-8-7-11(14(18)19-6)10-16(12,4)5/h9,11H,7-8,10H2,1-6H3/b12-9+. The summed E-state index contributed by atoms with van der Waals surface area (Å²) in [4.78, 5) is 23.5. The quantitative estimate of drug-likeness (QED) is 0.576. The van der Waals surface area contributed by atoms with Gasteiger partial charge in [-0.05, 0) is 45.4 Å². The maximum atomic E-state index is 11.9. The van der Waals surface area contributed by atoms with Crippen LogP contribution in [0.15, 0.2) is 11.6 Å². The smallest absolute Gasteiger partial charge is 0.331 e. The number of methoxy groups -OCH3 is 1. The number of allylic oxidation sites excluding steroid dienone is 1. The highest BCUT2D eigenvalue weighted by Crippen LogP contribution is 2.43. The van der Waals surface area contributed by atoms with E-state index in [2.05, 4.69) is 13.8 Å². The van der Waals surface area contributed by atoms with E-state index >= 15 is 0 Å². The molecule has 1 aliphatic carbocycles. The molecule has 1 aliphatic rings. The summed E-state index contributed by atoms with van der Waals surface area (Å²) < 4.78 is 10.1. The molecular weight excluding hydrogens is 256 g/mol. The molecule has 114 valence electrons. The molecule has 0 aromatic carbocycles. The van der Waals surface area contributed by atoms with Crippen LogP contribution in [0.1, 0.15) is 53.9 Å². The molecular formula is C16H26O4. The van der Waals surface area contributed by atoms with Gasteiger partial charge in [-0.25, -0.2) is 4.79 Å². The lowest BCUT2D eigenvalue weighted by atomic mass is 9.68. The van der Waals surface area contributed by atoms with Crippen LogP contribution in [0.2, 0.25) is 0 Å². The van der Waals surface area contributed by atoms with Gasteiger partial charge in [-0.3, -0.25) is 4.79 Å². The van der Waals surface area contributed by atoms with Crippen LogP contribution >= 0.6 is 0 Å². The van der Waals surface area contributed by atoms with Crippen LogP contribution in [-0.2, 0) is 19.1 Å². The van der Waals surface area contributed by atoms with Crippen LogP contribution in [-0.4, -0.2) is 24.6 Å². The first-order valence-corrected chi connectivity index (χ1v) is 7.07. The van der Waals surface area contributed by atoms with Gasteiger partial charge in [-0.15, -0.1) is 0 Å². The average Bonchev–Trinajstić information content (AvgIpc) is 2.28. The second-order valence-corrected chi connectivity index (χ2v) is 7.05. The maximum absolute atomic E-state index is 11.9. The number of carbonyl (C=O) groups is 2. The van der Waals surface area contributed by atoms with Crippen LogP contribution in [0, 0.1) is 11.3 Å². The molecule has 0 N–H and O–H groups in total. The van der Waals surface area contributed by atoms with Crippen LogP contribution in [0.25, 0.3) is 0 Å². The van der Waals surface area contributed by atoms with Crippen LogP contribution in [0.5, 0.6) is 0 Å². The van der Waals surface area contributed by atoms with Crippen molar-refractivity contribution < 1.29 is 19.1 Å². The van der Waals surface area contributed by atoms with Gasteiger partial charge >= 0.3 is 11.9 Å². The van der Waals surface area contributed by atoms with E-state index in [9.17, 15) is 9.59 Å². The fourth-order valence-electron chi connectivity index (χ4n) is 2.63. The Balaban J connectivity index is 2.79. The molecule has 20 heavy (non-hydrogen) atoms. The minimum absolute atomic E-state index is 0.0780. The molecule has 0 heterocycles. The first-order chi connectivity index (χ1) is 9.05. The Kier molecular flexibility index (Phi) is 5.00. The molecule has 0 amide bonds. The minimum atomic E-state index is -0.485. The van der Waals surface area contributed by atoms with E-state index in [1.807, 2.05) is 20.8 Å². The van der Waals surface area contributed by atoms with Crippen molar-refractivity contribution in [1.29, 1.82) is 0 Å². The first-order valence-electron chi connectivity index (χ1n) is 7.07. The second-order valence-electron chi connectivity index (χ2n) is 7.05. The van der Waals surface area contributed by atoms with Gasteiger partial charge in [0.15, 0.2) is 0 Å². The highest BCUT2D eigenvalue weighted by Gasteiger charge is 2.36. The molecule has 1 rings (SSSR count). The van der Waals surface area contributed by atoms with Gasteiger partial charge in [-0.2, -0.15) is 0 Å². The number of rotatable bonds is 2. The topological polar surface area (TPSA) is 52.6 Å². The van der Waals surface area contributed by atoms with Gasteiger partial charge in [0.05, 0.1) is 13.0 Å². The van der Waals surface area contributed by atoms with Crippen molar-refractivity contribution in [3.05, 3.63) is 11.6 Å². The lowest BCUT2D eigenvalue weighted by Crippen LogP contribution is -2.31. The fraction of sp³-hybridized carbons (Fsp3) is 0.750. The predicted octanol–water partition coefficient (Wildman–Crippen LogP) is 3.25. The summed E-state index contributed by atoms with van der Waals surface area (Å²) in [6.07, 6.45) is 3.75. The van der Waals surface area contributed by atoms with Crippen molar-refractivity contribution in [2.75, 3.05) is 7.11 Å². The van der Waals surface area contributed by atoms with Crippen LogP contribution in [0.3, 0.4) is 0 Å². The molecule has 0 bridgehead atoms. The Morgan fingerprint density at radius 2 is 1.90 bits per heavy atom. The average molecular weight is 282 g/mol. The Morgan fingerprint density at radius 3 is 2.35 bits per heavy atom. The number of hydrogen-bond donors (Lipinski definition) is 0. The Bertz CT molecular complexity index is 413. The SMILES string of the molecule is COC(=O)C1CC/C(=C\C(=O)OC(C)(C)C)C(C)(C)C1. The lowest BCUT2D eigenvalue weighted by molar-refractivity contribution is -0.148. The van der Waals surface area contributed by atoms with E-state index in [1.165, 1.54) is 7.11 Å². The van der Waals surface area contributed by atoms with Crippen molar-refractivity contribution in [3.8, 4) is 0 Å². The third-order valence-corrected chi connectivity index (χ3v) is 3.62. The zero-order valence-electron chi connectivity index (χ0n) is 13.4. The first kappa shape index (κ1) is 16.7. The molecule has 1 fully saturated rings. The monoisotopic (exact) mass is 282 g/mol. The van der Waals surface area contributed by atoms with E-state index in [0.717, 1.165) is 18.4 Å². The zero-order chi connectivity index (χ0) is 15.6. The van der Waals surface area contributed by atoms with Crippen molar-refractivity contribution in [3.63, 3.8) is 0 Å².